The van der Waals surface area contributed by atoms with E-state index in [0.717, 1.165) is 5.56 Å². The van der Waals surface area contributed by atoms with E-state index in [1.54, 1.807) is 11.3 Å². The molecule has 0 amide bonds. The maximum atomic E-state index is 8.66. The minimum atomic E-state index is -0.0838. The highest BCUT2D eigenvalue weighted by molar-refractivity contribution is 7.10. The van der Waals surface area contributed by atoms with Gasteiger partial charge in [-0.3, -0.25) is 0 Å². The smallest absolute Gasteiger partial charge is 0.104 e. The summed E-state index contributed by atoms with van der Waals surface area (Å²) in [7, 11) is 0. The van der Waals surface area contributed by atoms with Gasteiger partial charge in [-0.25, -0.2) is 0 Å². The maximum Gasteiger partial charge on any atom is 0.104 e. The third kappa shape index (κ3) is 4.65. The fraction of sp³-hybridized carbons (Fsp3) is 0.625. The van der Waals surface area contributed by atoms with Crippen LogP contribution in [0.25, 0.3) is 0 Å². The summed E-state index contributed by atoms with van der Waals surface area (Å²) in [5.41, 5.74) is 1.47. The highest BCUT2D eigenvalue weighted by Gasteiger charge is 2.27. The van der Waals surface area contributed by atoms with E-state index in [1.807, 2.05) is 5.38 Å². The van der Waals surface area contributed by atoms with Crippen LogP contribution in [0.1, 0.15) is 50.0 Å². The van der Waals surface area contributed by atoms with Crippen LogP contribution >= 0.6 is 11.3 Å². The summed E-state index contributed by atoms with van der Waals surface area (Å²) in [6.07, 6.45) is 5.29. The first-order valence-electron chi connectivity index (χ1n) is 6.88. The fourth-order valence-corrected chi connectivity index (χ4v) is 3.14. The number of hydrogen-bond donors (Lipinski definition) is 1. The lowest BCUT2D eigenvalue weighted by Gasteiger charge is -2.34. The second-order valence-corrected chi connectivity index (χ2v) is 6.93. The molecule has 0 bridgehead atoms. The molecule has 1 aromatic rings. The third-order valence-electron chi connectivity index (χ3n) is 3.71. The van der Waals surface area contributed by atoms with Crippen LogP contribution in [0.15, 0.2) is 11.4 Å². The Balaban J connectivity index is 1.78. The lowest BCUT2D eigenvalue weighted by Crippen LogP contribution is -2.26. The number of aliphatic hydroxyl groups is 1. The molecule has 1 heterocycles. The molecule has 1 saturated carbocycles. The van der Waals surface area contributed by atoms with Gasteiger partial charge in [0, 0.05) is 15.8 Å². The first-order chi connectivity index (χ1) is 9.09. The topological polar surface area (TPSA) is 29.5 Å². The molecule has 1 aliphatic carbocycles. The van der Waals surface area contributed by atoms with E-state index in [9.17, 15) is 0 Å². The summed E-state index contributed by atoms with van der Waals surface area (Å²) in [5, 5.41) is 10.7. The van der Waals surface area contributed by atoms with E-state index in [1.165, 1.54) is 30.6 Å². The average Bonchev–Trinajstić information content (AvgIpc) is 2.83. The van der Waals surface area contributed by atoms with Crippen molar-refractivity contribution < 1.29 is 9.84 Å². The fourth-order valence-electron chi connectivity index (χ4n) is 2.40. The summed E-state index contributed by atoms with van der Waals surface area (Å²) < 4.78 is 5.99. The number of aliphatic hydroxyl groups excluding tert-OH is 1. The highest BCUT2D eigenvalue weighted by atomic mass is 32.1. The van der Waals surface area contributed by atoms with Crippen molar-refractivity contribution >= 4 is 11.3 Å². The van der Waals surface area contributed by atoms with E-state index in [2.05, 4.69) is 31.8 Å². The standard InChI is InChI=1S/C16H22O2S/c1-16(2)7-5-14(6-8-16)18-11-15-10-13(12-19-15)4-3-9-17/h10,12,14,17H,5-9,11H2,1-2H3. The summed E-state index contributed by atoms with van der Waals surface area (Å²) in [6, 6.07) is 2.06. The molecule has 0 aromatic carbocycles. The van der Waals surface area contributed by atoms with Gasteiger partial charge in [-0.2, -0.15) is 0 Å². The van der Waals surface area contributed by atoms with Crippen LogP contribution in [0.3, 0.4) is 0 Å². The Bertz CT molecular complexity index is 455. The van der Waals surface area contributed by atoms with Crippen molar-refractivity contribution in [2.24, 2.45) is 5.41 Å². The molecular weight excluding hydrogens is 256 g/mol. The van der Waals surface area contributed by atoms with Crippen molar-refractivity contribution in [1.29, 1.82) is 0 Å². The average molecular weight is 278 g/mol. The Hall–Kier alpha value is -0.820. The van der Waals surface area contributed by atoms with Crippen molar-refractivity contribution in [3.63, 3.8) is 0 Å². The van der Waals surface area contributed by atoms with Gasteiger partial charge in [-0.15, -0.1) is 11.3 Å². The van der Waals surface area contributed by atoms with Crippen LogP contribution < -0.4 is 0 Å². The van der Waals surface area contributed by atoms with Crippen LogP contribution in [0.5, 0.6) is 0 Å². The molecular formula is C16H22O2S. The molecule has 2 rings (SSSR count). The van der Waals surface area contributed by atoms with E-state index in [0.29, 0.717) is 18.1 Å². The molecule has 2 nitrogen and oxygen atoms in total. The van der Waals surface area contributed by atoms with Gasteiger partial charge in [0.25, 0.3) is 0 Å². The van der Waals surface area contributed by atoms with Crippen molar-refractivity contribution in [3.8, 4) is 11.8 Å². The second-order valence-electron chi connectivity index (χ2n) is 5.94. The zero-order valence-corrected chi connectivity index (χ0v) is 12.6. The Morgan fingerprint density at radius 2 is 2.16 bits per heavy atom. The van der Waals surface area contributed by atoms with Gasteiger partial charge >= 0.3 is 0 Å². The Kier molecular flexibility index (Phi) is 5.04. The highest BCUT2D eigenvalue weighted by Crippen LogP contribution is 2.36. The van der Waals surface area contributed by atoms with E-state index >= 15 is 0 Å². The number of hydrogen-bond acceptors (Lipinski definition) is 3. The molecule has 1 aliphatic rings. The van der Waals surface area contributed by atoms with E-state index in [-0.39, 0.29) is 6.61 Å². The Morgan fingerprint density at radius 1 is 1.42 bits per heavy atom. The van der Waals surface area contributed by atoms with Crippen molar-refractivity contribution in [3.05, 3.63) is 21.9 Å². The summed E-state index contributed by atoms with van der Waals surface area (Å²) >= 11 is 1.68. The molecule has 0 atom stereocenters. The van der Waals surface area contributed by atoms with Crippen LogP contribution in [-0.2, 0) is 11.3 Å². The molecule has 1 aromatic heterocycles. The molecule has 104 valence electrons. The predicted octanol–water partition coefficient (Wildman–Crippen LogP) is 3.58. The van der Waals surface area contributed by atoms with E-state index in [4.69, 9.17) is 9.84 Å². The molecule has 3 heteroatoms. The quantitative estimate of drug-likeness (QED) is 0.856. The summed E-state index contributed by atoms with van der Waals surface area (Å²) in [4.78, 5) is 1.21. The Morgan fingerprint density at radius 3 is 2.84 bits per heavy atom. The van der Waals surface area contributed by atoms with Gasteiger partial charge in [-0.05, 0) is 37.2 Å². The first-order valence-corrected chi connectivity index (χ1v) is 7.76. The van der Waals surface area contributed by atoms with Gasteiger partial charge in [0.05, 0.1) is 12.7 Å². The van der Waals surface area contributed by atoms with Gasteiger partial charge in [0.1, 0.15) is 6.61 Å². The zero-order valence-electron chi connectivity index (χ0n) is 11.7. The molecule has 19 heavy (non-hydrogen) atoms. The lowest BCUT2D eigenvalue weighted by atomic mass is 9.76. The summed E-state index contributed by atoms with van der Waals surface area (Å²) in [6.45, 7) is 5.29. The second kappa shape index (κ2) is 6.56. The molecule has 0 aliphatic heterocycles. The number of thiophene rings is 1. The SMILES string of the molecule is CC1(C)CCC(OCc2cc(C#CCO)cs2)CC1. The first kappa shape index (κ1) is 14.6. The molecule has 0 radical (unpaired) electrons. The zero-order chi connectivity index (χ0) is 13.7. The maximum absolute atomic E-state index is 8.66. The Labute approximate surface area is 119 Å². The molecule has 1 fully saturated rings. The minimum Gasteiger partial charge on any atom is -0.384 e. The predicted molar refractivity (Wildman–Crippen MR) is 79.1 cm³/mol. The molecule has 0 spiro atoms. The van der Waals surface area contributed by atoms with Gasteiger partial charge in [0.15, 0.2) is 0 Å². The van der Waals surface area contributed by atoms with Crippen molar-refractivity contribution in [2.75, 3.05) is 6.61 Å². The monoisotopic (exact) mass is 278 g/mol. The van der Waals surface area contributed by atoms with Crippen molar-refractivity contribution in [1.82, 2.24) is 0 Å². The van der Waals surface area contributed by atoms with Gasteiger partial charge in [-0.1, -0.05) is 25.7 Å². The number of ether oxygens (including phenoxy) is 1. The minimum absolute atomic E-state index is 0.0838. The largest absolute Gasteiger partial charge is 0.384 e. The summed E-state index contributed by atoms with van der Waals surface area (Å²) in [5.74, 6) is 5.58. The normalized spacial score (nSPS) is 18.9. The van der Waals surface area contributed by atoms with Gasteiger partial charge < -0.3 is 9.84 Å². The van der Waals surface area contributed by atoms with Crippen LogP contribution in [0, 0.1) is 17.3 Å². The molecule has 0 saturated heterocycles. The number of rotatable bonds is 3. The third-order valence-corrected chi connectivity index (χ3v) is 4.62. The molecule has 1 N–H and O–H groups in total. The van der Waals surface area contributed by atoms with E-state index < -0.39 is 0 Å². The van der Waals surface area contributed by atoms with Crippen LogP contribution in [0.4, 0.5) is 0 Å². The van der Waals surface area contributed by atoms with Gasteiger partial charge in [0.2, 0.25) is 0 Å². The van der Waals surface area contributed by atoms with Crippen LogP contribution in [0.2, 0.25) is 0 Å². The lowest BCUT2D eigenvalue weighted by molar-refractivity contribution is -0.00448. The molecule has 0 unspecified atom stereocenters. The van der Waals surface area contributed by atoms with Crippen molar-refractivity contribution in [2.45, 2.75) is 52.2 Å². The van der Waals surface area contributed by atoms with Crippen LogP contribution in [-0.4, -0.2) is 17.8 Å².